The lowest BCUT2D eigenvalue weighted by molar-refractivity contribution is -0.121. The van der Waals surface area contributed by atoms with Crippen LogP contribution in [0.1, 0.15) is 29.3 Å². The Hall–Kier alpha value is -3.74. The molecule has 0 aliphatic rings. The first-order valence-electron chi connectivity index (χ1n) is 10.3. The molecule has 0 atom stereocenters. The molecule has 31 heavy (non-hydrogen) atoms. The van der Waals surface area contributed by atoms with Crippen molar-refractivity contribution in [2.75, 3.05) is 0 Å². The van der Waals surface area contributed by atoms with Crippen LogP contribution in [0, 0.1) is 13.8 Å². The highest BCUT2D eigenvalue weighted by atomic mass is 16.2. The molecule has 158 valence electrons. The third kappa shape index (κ3) is 4.12. The van der Waals surface area contributed by atoms with Gasteiger partial charge in [0.2, 0.25) is 5.91 Å². The largest absolute Gasteiger partial charge is 0.350 e. The number of nitrogens with one attached hydrogen (secondary N) is 1. The van der Waals surface area contributed by atoms with Crippen molar-refractivity contribution in [2.24, 2.45) is 0 Å². The SMILES string of the molecule is CCc1cc(=O)n(CC(=O)NCc2cccnc2)c2c1c(C)nn2-c1ccc(C)cc1. The van der Waals surface area contributed by atoms with E-state index < -0.39 is 0 Å². The number of benzene rings is 1. The van der Waals surface area contributed by atoms with Crippen LogP contribution in [-0.2, 0) is 24.3 Å². The summed E-state index contributed by atoms with van der Waals surface area (Å²) in [7, 11) is 0. The van der Waals surface area contributed by atoms with Gasteiger partial charge in [0, 0.05) is 30.4 Å². The lowest BCUT2D eigenvalue weighted by atomic mass is 10.1. The monoisotopic (exact) mass is 415 g/mol. The van der Waals surface area contributed by atoms with Gasteiger partial charge in [-0.3, -0.25) is 19.1 Å². The van der Waals surface area contributed by atoms with Crippen molar-refractivity contribution >= 4 is 16.9 Å². The molecule has 1 N–H and O–H groups in total. The van der Waals surface area contributed by atoms with Crippen LogP contribution in [0.4, 0.5) is 0 Å². The van der Waals surface area contributed by atoms with Gasteiger partial charge in [0.1, 0.15) is 12.2 Å². The van der Waals surface area contributed by atoms with Crippen molar-refractivity contribution in [1.82, 2.24) is 24.6 Å². The summed E-state index contributed by atoms with van der Waals surface area (Å²) in [5.74, 6) is -0.245. The van der Waals surface area contributed by atoms with Crippen molar-refractivity contribution in [3.8, 4) is 5.69 Å². The quantitative estimate of drug-likeness (QED) is 0.525. The van der Waals surface area contributed by atoms with E-state index in [-0.39, 0.29) is 18.0 Å². The Morgan fingerprint density at radius 2 is 1.90 bits per heavy atom. The van der Waals surface area contributed by atoms with Gasteiger partial charge in [-0.2, -0.15) is 5.10 Å². The number of aromatic nitrogens is 4. The van der Waals surface area contributed by atoms with Gasteiger partial charge in [-0.15, -0.1) is 0 Å². The zero-order chi connectivity index (χ0) is 22.0. The van der Waals surface area contributed by atoms with Gasteiger partial charge in [-0.05, 0) is 49.6 Å². The molecule has 1 amide bonds. The summed E-state index contributed by atoms with van der Waals surface area (Å²) in [6.45, 7) is 6.24. The van der Waals surface area contributed by atoms with E-state index >= 15 is 0 Å². The fourth-order valence-corrected chi connectivity index (χ4v) is 3.74. The van der Waals surface area contributed by atoms with E-state index in [0.717, 1.165) is 33.5 Å². The highest BCUT2D eigenvalue weighted by Gasteiger charge is 2.19. The number of rotatable bonds is 6. The van der Waals surface area contributed by atoms with Crippen LogP contribution in [0.25, 0.3) is 16.7 Å². The molecule has 0 spiro atoms. The van der Waals surface area contributed by atoms with Gasteiger partial charge in [0.15, 0.2) is 0 Å². The first-order valence-corrected chi connectivity index (χ1v) is 10.3. The predicted molar refractivity (Wildman–Crippen MR) is 120 cm³/mol. The molecule has 4 aromatic rings. The average Bonchev–Trinajstić information content (AvgIpc) is 3.12. The minimum Gasteiger partial charge on any atom is -0.350 e. The number of aryl methyl sites for hydroxylation is 3. The summed E-state index contributed by atoms with van der Waals surface area (Å²) in [6, 6.07) is 13.3. The lowest BCUT2D eigenvalue weighted by Crippen LogP contribution is -2.33. The number of carbonyl (C=O) groups excluding carboxylic acids is 1. The van der Waals surface area contributed by atoms with Crippen molar-refractivity contribution in [2.45, 2.75) is 40.3 Å². The highest BCUT2D eigenvalue weighted by molar-refractivity contribution is 5.85. The Morgan fingerprint density at radius 1 is 1.13 bits per heavy atom. The molecule has 0 radical (unpaired) electrons. The number of nitrogens with zero attached hydrogens (tertiary/aromatic N) is 4. The Balaban J connectivity index is 1.77. The topological polar surface area (TPSA) is 81.8 Å². The molecule has 1 aromatic carbocycles. The maximum absolute atomic E-state index is 13.0. The molecule has 0 aliphatic carbocycles. The van der Waals surface area contributed by atoms with Gasteiger partial charge in [0.25, 0.3) is 5.56 Å². The highest BCUT2D eigenvalue weighted by Crippen LogP contribution is 2.24. The van der Waals surface area contributed by atoms with Gasteiger partial charge >= 0.3 is 0 Å². The lowest BCUT2D eigenvalue weighted by Gasteiger charge is -2.13. The molecule has 3 heterocycles. The fraction of sp³-hybridized carbons (Fsp3) is 0.250. The molecule has 0 fully saturated rings. The third-order valence-electron chi connectivity index (χ3n) is 5.35. The van der Waals surface area contributed by atoms with Gasteiger partial charge in [-0.25, -0.2) is 4.68 Å². The van der Waals surface area contributed by atoms with Crippen LogP contribution < -0.4 is 10.9 Å². The second kappa shape index (κ2) is 8.55. The average molecular weight is 415 g/mol. The molecule has 0 saturated heterocycles. The van der Waals surface area contributed by atoms with E-state index in [4.69, 9.17) is 5.10 Å². The minimum absolute atomic E-state index is 0.0867. The van der Waals surface area contributed by atoms with Crippen LogP contribution in [0.2, 0.25) is 0 Å². The molecule has 7 nitrogen and oxygen atoms in total. The van der Waals surface area contributed by atoms with Crippen LogP contribution in [0.5, 0.6) is 0 Å². The van der Waals surface area contributed by atoms with Crippen molar-refractivity contribution < 1.29 is 4.79 Å². The second-order valence-corrected chi connectivity index (χ2v) is 7.62. The molecule has 3 aromatic heterocycles. The van der Waals surface area contributed by atoms with Crippen molar-refractivity contribution in [1.29, 1.82) is 0 Å². The zero-order valence-electron chi connectivity index (χ0n) is 17.9. The van der Waals surface area contributed by atoms with E-state index in [9.17, 15) is 9.59 Å². The summed E-state index contributed by atoms with van der Waals surface area (Å²) >= 11 is 0. The minimum atomic E-state index is -0.245. The smallest absolute Gasteiger partial charge is 0.252 e. The number of hydrogen-bond acceptors (Lipinski definition) is 4. The Labute approximate surface area is 180 Å². The summed E-state index contributed by atoms with van der Waals surface area (Å²) in [6.07, 6.45) is 4.10. The fourth-order valence-electron chi connectivity index (χ4n) is 3.74. The second-order valence-electron chi connectivity index (χ2n) is 7.62. The van der Waals surface area contributed by atoms with Crippen molar-refractivity contribution in [3.63, 3.8) is 0 Å². The standard InChI is InChI=1S/C24H25N5O2/c1-4-19-12-22(31)28(15-21(30)26-14-18-6-5-11-25-13-18)24-23(19)17(3)27-29(24)20-9-7-16(2)8-10-20/h5-13H,4,14-15H2,1-3H3,(H,26,30). The first kappa shape index (κ1) is 20.5. The van der Waals surface area contributed by atoms with Gasteiger partial charge in [-0.1, -0.05) is 30.7 Å². The number of carbonyl (C=O) groups is 1. The number of pyridine rings is 2. The van der Waals surface area contributed by atoms with E-state index in [0.29, 0.717) is 18.6 Å². The van der Waals surface area contributed by atoms with Crippen molar-refractivity contribution in [3.05, 3.63) is 87.6 Å². The molecular weight excluding hydrogens is 390 g/mol. The van der Waals surface area contributed by atoms with Crippen LogP contribution in [0.15, 0.2) is 59.7 Å². The van der Waals surface area contributed by atoms with Crippen LogP contribution in [0.3, 0.4) is 0 Å². The van der Waals surface area contributed by atoms with E-state index in [1.54, 1.807) is 23.1 Å². The normalized spacial score (nSPS) is 11.1. The van der Waals surface area contributed by atoms with Gasteiger partial charge < -0.3 is 5.32 Å². The molecule has 7 heteroatoms. The molecule has 4 rings (SSSR count). The summed E-state index contributed by atoms with van der Waals surface area (Å²) in [5, 5.41) is 8.51. The van der Waals surface area contributed by atoms with E-state index in [2.05, 4.69) is 10.3 Å². The molecular formula is C24H25N5O2. The Morgan fingerprint density at radius 3 is 2.58 bits per heavy atom. The third-order valence-corrected chi connectivity index (χ3v) is 5.35. The van der Waals surface area contributed by atoms with Gasteiger partial charge in [0.05, 0.1) is 11.4 Å². The predicted octanol–water partition coefficient (Wildman–Crippen LogP) is 3.08. The number of fused-ring (bicyclic) bond motifs is 1. The molecule has 0 aliphatic heterocycles. The first-order chi connectivity index (χ1) is 15.0. The summed E-state index contributed by atoms with van der Waals surface area (Å²) in [4.78, 5) is 29.8. The van der Waals surface area contributed by atoms with Crippen LogP contribution >= 0.6 is 0 Å². The maximum atomic E-state index is 13.0. The summed E-state index contributed by atoms with van der Waals surface area (Å²) in [5.41, 5.74) is 5.07. The number of hydrogen-bond donors (Lipinski definition) is 1. The van der Waals surface area contributed by atoms with Crippen LogP contribution in [-0.4, -0.2) is 25.2 Å². The molecule has 0 bridgehead atoms. The Kier molecular flexibility index (Phi) is 5.66. The molecule has 0 unspecified atom stereocenters. The zero-order valence-corrected chi connectivity index (χ0v) is 17.9. The number of amides is 1. The summed E-state index contributed by atoms with van der Waals surface area (Å²) < 4.78 is 3.27. The van der Waals surface area contributed by atoms with E-state index in [1.807, 2.05) is 57.2 Å². The maximum Gasteiger partial charge on any atom is 0.252 e. The van der Waals surface area contributed by atoms with E-state index in [1.165, 1.54) is 4.57 Å². The molecule has 0 saturated carbocycles. The Bertz CT molecular complexity index is 1290.